The van der Waals surface area contributed by atoms with E-state index in [1.165, 1.54) is 41.3 Å². The van der Waals surface area contributed by atoms with Crippen molar-refractivity contribution >= 4 is 45.7 Å². The Kier molecular flexibility index (Phi) is 5.44. The minimum absolute atomic E-state index is 0.0297. The van der Waals surface area contributed by atoms with Gasteiger partial charge < -0.3 is 0 Å². The van der Waals surface area contributed by atoms with E-state index in [-0.39, 0.29) is 5.56 Å². The van der Waals surface area contributed by atoms with Gasteiger partial charge in [-0.05, 0) is 23.8 Å². The van der Waals surface area contributed by atoms with Crippen molar-refractivity contribution in [3.05, 3.63) is 70.5 Å². The molecule has 122 valence electrons. The Morgan fingerprint density at radius 2 is 1.92 bits per heavy atom. The van der Waals surface area contributed by atoms with Gasteiger partial charge in [0, 0.05) is 10.8 Å². The SMILES string of the molecule is O=C(Nc1nnc(SCc2ccccc2Cl)s1)c1ccccc1F. The van der Waals surface area contributed by atoms with E-state index >= 15 is 0 Å². The first-order valence-electron chi connectivity index (χ1n) is 6.89. The van der Waals surface area contributed by atoms with E-state index in [1.807, 2.05) is 24.3 Å². The summed E-state index contributed by atoms with van der Waals surface area (Å²) in [5.41, 5.74) is 0.967. The molecule has 0 aliphatic heterocycles. The first kappa shape index (κ1) is 16.9. The van der Waals surface area contributed by atoms with Gasteiger partial charge in [-0.15, -0.1) is 10.2 Å². The van der Waals surface area contributed by atoms with Crippen molar-refractivity contribution < 1.29 is 9.18 Å². The fourth-order valence-corrected chi connectivity index (χ4v) is 3.92. The molecular weight excluding hydrogens is 369 g/mol. The highest BCUT2D eigenvalue weighted by Crippen LogP contribution is 2.30. The first-order valence-corrected chi connectivity index (χ1v) is 9.07. The van der Waals surface area contributed by atoms with Crippen LogP contribution in [-0.2, 0) is 5.75 Å². The first-order chi connectivity index (χ1) is 11.6. The maximum atomic E-state index is 13.6. The van der Waals surface area contributed by atoms with Gasteiger partial charge in [-0.3, -0.25) is 10.1 Å². The molecule has 0 aliphatic carbocycles. The molecule has 24 heavy (non-hydrogen) atoms. The molecule has 1 amide bonds. The third-order valence-electron chi connectivity index (χ3n) is 3.05. The number of carbonyl (C=O) groups is 1. The molecule has 1 aromatic heterocycles. The van der Waals surface area contributed by atoms with Crippen molar-refractivity contribution in [3.8, 4) is 0 Å². The molecule has 2 aromatic carbocycles. The Labute approximate surface area is 151 Å². The molecular formula is C16H11ClFN3OS2. The zero-order valence-electron chi connectivity index (χ0n) is 12.2. The van der Waals surface area contributed by atoms with Gasteiger partial charge in [0.15, 0.2) is 4.34 Å². The molecule has 0 saturated carbocycles. The number of nitrogens with one attached hydrogen (secondary N) is 1. The second-order valence-electron chi connectivity index (χ2n) is 4.69. The van der Waals surface area contributed by atoms with Gasteiger partial charge in [-0.25, -0.2) is 4.39 Å². The monoisotopic (exact) mass is 379 g/mol. The lowest BCUT2D eigenvalue weighted by Crippen LogP contribution is -2.13. The quantitative estimate of drug-likeness (QED) is 0.507. The summed E-state index contributed by atoms with van der Waals surface area (Å²) in [4.78, 5) is 12.0. The third-order valence-corrected chi connectivity index (χ3v) is 5.44. The number of anilines is 1. The van der Waals surface area contributed by atoms with Crippen LogP contribution in [0.5, 0.6) is 0 Å². The van der Waals surface area contributed by atoms with E-state index in [0.29, 0.717) is 20.2 Å². The predicted molar refractivity (Wildman–Crippen MR) is 95.3 cm³/mol. The van der Waals surface area contributed by atoms with Gasteiger partial charge in [0.05, 0.1) is 5.56 Å². The van der Waals surface area contributed by atoms with Crippen LogP contribution in [0.1, 0.15) is 15.9 Å². The fraction of sp³-hybridized carbons (Fsp3) is 0.0625. The van der Waals surface area contributed by atoms with Crippen LogP contribution in [0.15, 0.2) is 52.9 Å². The molecule has 3 rings (SSSR count). The molecule has 0 fully saturated rings. The molecule has 0 atom stereocenters. The van der Waals surface area contributed by atoms with Gasteiger partial charge in [0.1, 0.15) is 5.82 Å². The summed E-state index contributed by atoms with van der Waals surface area (Å²) in [6.07, 6.45) is 0. The molecule has 8 heteroatoms. The summed E-state index contributed by atoms with van der Waals surface area (Å²) < 4.78 is 14.3. The normalized spacial score (nSPS) is 10.6. The molecule has 0 saturated heterocycles. The van der Waals surface area contributed by atoms with Gasteiger partial charge in [0.2, 0.25) is 5.13 Å². The van der Waals surface area contributed by atoms with Crippen LogP contribution < -0.4 is 5.32 Å². The highest BCUT2D eigenvalue weighted by atomic mass is 35.5. The zero-order chi connectivity index (χ0) is 16.9. The molecule has 0 radical (unpaired) electrons. The Balaban J connectivity index is 1.63. The van der Waals surface area contributed by atoms with Crippen molar-refractivity contribution in [2.24, 2.45) is 0 Å². The van der Waals surface area contributed by atoms with Crippen molar-refractivity contribution in [3.63, 3.8) is 0 Å². The summed E-state index contributed by atoms with van der Waals surface area (Å²) in [6, 6.07) is 13.3. The van der Waals surface area contributed by atoms with Gasteiger partial charge in [-0.1, -0.05) is 65.0 Å². The topological polar surface area (TPSA) is 54.9 Å². The van der Waals surface area contributed by atoms with Crippen LogP contribution >= 0.6 is 34.7 Å². The van der Waals surface area contributed by atoms with Gasteiger partial charge >= 0.3 is 0 Å². The van der Waals surface area contributed by atoms with E-state index in [4.69, 9.17) is 11.6 Å². The summed E-state index contributed by atoms with van der Waals surface area (Å²) in [5.74, 6) is -0.477. The van der Waals surface area contributed by atoms with Crippen LogP contribution in [0.25, 0.3) is 0 Å². The number of aromatic nitrogens is 2. The largest absolute Gasteiger partial charge is 0.296 e. The van der Waals surface area contributed by atoms with Crippen LogP contribution in [0, 0.1) is 5.82 Å². The van der Waals surface area contributed by atoms with Gasteiger partial charge in [0.25, 0.3) is 5.91 Å². The van der Waals surface area contributed by atoms with Crippen LogP contribution in [0.3, 0.4) is 0 Å². The Bertz CT molecular complexity index is 872. The van der Waals surface area contributed by atoms with Crippen LogP contribution in [0.2, 0.25) is 5.02 Å². The lowest BCUT2D eigenvalue weighted by atomic mass is 10.2. The molecule has 0 bridgehead atoms. The van der Waals surface area contributed by atoms with E-state index < -0.39 is 11.7 Å². The van der Waals surface area contributed by atoms with Crippen LogP contribution in [-0.4, -0.2) is 16.1 Å². The Hall–Kier alpha value is -1.96. The van der Waals surface area contributed by atoms with E-state index in [9.17, 15) is 9.18 Å². The lowest BCUT2D eigenvalue weighted by molar-refractivity contribution is 0.102. The molecule has 0 unspecified atom stereocenters. The molecule has 1 heterocycles. The maximum absolute atomic E-state index is 13.6. The maximum Gasteiger partial charge on any atom is 0.260 e. The van der Waals surface area contributed by atoms with E-state index in [1.54, 1.807) is 6.07 Å². The Morgan fingerprint density at radius 1 is 1.17 bits per heavy atom. The molecule has 1 N–H and O–H groups in total. The van der Waals surface area contributed by atoms with E-state index in [0.717, 1.165) is 5.56 Å². The molecule has 3 aromatic rings. The van der Waals surface area contributed by atoms with Crippen molar-refractivity contribution in [2.75, 3.05) is 5.32 Å². The van der Waals surface area contributed by atoms with Crippen molar-refractivity contribution in [2.45, 2.75) is 10.1 Å². The standard InChI is InChI=1S/C16H11ClFN3OS2/c17-12-7-3-1-5-10(12)9-23-16-21-20-15(24-16)19-14(22)11-6-2-4-8-13(11)18/h1-8H,9H2,(H,19,20,22). The average molecular weight is 380 g/mol. The molecule has 4 nitrogen and oxygen atoms in total. The minimum Gasteiger partial charge on any atom is -0.296 e. The number of amides is 1. The number of hydrogen-bond donors (Lipinski definition) is 1. The van der Waals surface area contributed by atoms with E-state index in [2.05, 4.69) is 15.5 Å². The van der Waals surface area contributed by atoms with Crippen LogP contribution in [0.4, 0.5) is 9.52 Å². The second-order valence-corrected chi connectivity index (χ2v) is 7.29. The lowest BCUT2D eigenvalue weighted by Gasteiger charge is -2.02. The number of hydrogen-bond acceptors (Lipinski definition) is 5. The molecule has 0 spiro atoms. The highest BCUT2D eigenvalue weighted by molar-refractivity contribution is 8.00. The van der Waals surface area contributed by atoms with Crippen molar-refractivity contribution in [1.29, 1.82) is 0 Å². The minimum atomic E-state index is -0.576. The number of rotatable bonds is 5. The second kappa shape index (κ2) is 7.74. The third kappa shape index (κ3) is 4.11. The number of carbonyl (C=O) groups excluding carboxylic acids is 1. The van der Waals surface area contributed by atoms with Gasteiger partial charge in [-0.2, -0.15) is 0 Å². The average Bonchev–Trinajstić information content (AvgIpc) is 3.02. The summed E-state index contributed by atoms with van der Waals surface area (Å²) in [6.45, 7) is 0. The summed E-state index contributed by atoms with van der Waals surface area (Å²) in [5, 5.41) is 11.5. The predicted octanol–water partition coefficient (Wildman–Crippen LogP) is 4.88. The number of nitrogens with zero attached hydrogens (tertiary/aromatic N) is 2. The zero-order valence-corrected chi connectivity index (χ0v) is 14.6. The number of benzene rings is 2. The highest BCUT2D eigenvalue weighted by Gasteiger charge is 2.14. The smallest absolute Gasteiger partial charge is 0.260 e. The summed E-state index contributed by atoms with van der Waals surface area (Å²) >= 11 is 8.81. The van der Waals surface area contributed by atoms with Crippen molar-refractivity contribution in [1.82, 2.24) is 10.2 Å². The number of halogens is 2. The fourth-order valence-electron chi connectivity index (χ4n) is 1.88. The number of thioether (sulfide) groups is 1. The Morgan fingerprint density at radius 3 is 2.71 bits per heavy atom. The summed E-state index contributed by atoms with van der Waals surface area (Å²) in [7, 11) is 0. The molecule has 0 aliphatic rings.